The maximum Gasteiger partial charge on any atom is 0.305 e. The lowest BCUT2D eigenvalue weighted by atomic mass is 9.92. The fourth-order valence-corrected chi connectivity index (χ4v) is 2.55. The summed E-state index contributed by atoms with van der Waals surface area (Å²) in [6.07, 6.45) is 1.37. The Bertz CT molecular complexity index is 598. The van der Waals surface area contributed by atoms with Gasteiger partial charge in [-0.2, -0.15) is 0 Å². The minimum atomic E-state index is -0.836. The van der Waals surface area contributed by atoms with E-state index >= 15 is 0 Å². The highest BCUT2D eigenvalue weighted by atomic mass is 16.5. The fourth-order valence-electron chi connectivity index (χ4n) is 2.55. The quantitative estimate of drug-likeness (QED) is 0.559. The van der Waals surface area contributed by atoms with Crippen molar-refractivity contribution >= 4 is 11.9 Å². The minimum Gasteiger partial charge on any atom is -0.481 e. The Kier molecular flexibility index (Phi) is 7.02. The number of esters is 1. The van der Waals surface area contributed by atoms with E-state index in [1.54, 1.807) is 0 Å². The SMILES string of the molecule is O=C(O)CCCCC(=O)OCC(c1ccccc1)c1ccccc1. The van der Waals surface area contributed by atoms with Crippen molar-refractivity contribution in [2.75, 3.05) is 6.61 Å². The van der Waals surface area contributed by atoms with E-state index in [9.17, 15) is 9.59 Å². The van der Waals surface area contributed by atoms with Crippen LogP contribution in [0.25, 0.3) is 0 Å². The largest absolute Gasteiger partial charge is 0.481 e. The van der Waals surface area contributed by atoms with E-state index in [2.05, 4.69) is 0 Å². The number of rotatable bonds is 9. The summed E-state index contributed by atoms with van der Waals surface area (Å²) in [5.41, 5.74) is 2.20. The van der Waals surface area contributed by atoms with Gasteiger partial charge in [-0.1, -0.05) is 60.7 Å². The van der Waals surface area contributed by atoms with Crippen LogP contribution in [0.5, 0.6) is 0 Å². The number of carbonyl (C=O) groups is 2. The summed E-state index contributed by atoms with van der Waals surface area (Å²) in [6.45, 7) is 0.284. The van der Waals surface area contributed by atoms with Crippen molar-refractivity contribution in [1.82, 2.24) is 0 Å². The van der Waals surface area contributed by atoms with Crippen molar-refractivity contribution in [2.24, 2.45) is 0 Å². The van der Waals surface area contributed by atoms with Gasteiger partial charge in [0.1, 0.15) is 6.61 Å². The summed E-state index contributed by atoms with van der Waals surface area (Å²) in [4.78, 5) is 22.3. The summed E-state index contributed by atoms with van der Waals surface area (Å²) < 4.78 is 5.43. The monoisotopic (exact) mass is 326 g/mol. The maximum atomic E-state index is 11.9. The normalized spacial score (nSPS) is 10.5. The Labute approximate surface area is 142 Å². The summed E-state index contributed by atoms with van der Waals surface area (Å²) in [5, 5.41) is 8.59. The van der Waals surface area contributed by atoms with Crippen LogP contribution in [0.3, 0.4) is 0 Å². The molecule has 0 aliphatic rings. The standard InChI is InChI=1S/C20H22O4/c21-19(22)13-7-8-14-20(23)24-15-18(16-9-3-1-4-10-16)17-11-5-2-6-12-17/h1-6,9-12,18H,7-8,13-15H2,(H,21,22). The van der Waals surface area contributed by atoms with Gasteiger partial charge in [0, 0.05) is 18.8 Å². The molecule has 0 amide bonds. The molecule has 2 aromatic rings. The van der Waals surface area contributed by atoms with Gasteiger partial charge in [-0.3, -0.25) is 9.59 Å². The second-order valence-electron chi connectivity index (χ2n) is 5.66. The molecule has 0 fully saturated rings. The molecule has 2 aromatic carbocycles. The Balaban J connectivity index is 1.92. The van der Waals surface area contributed by atoms with Crippen LogP contribution in [0.2, 0.25) is 0 Å². The molecule has 1 N–H and O–H groups in total. The fraction of sp³-hybridized carbons (Fsp3) is 0.300. The van der Waals surface area contributed by atoms with Gasteiger partial charge in [0.05, 0.1) is 0 Å². The van der Waals surface area contributed by atoms with E-state index in [0.717, 1.165) is 11.1 Å². The number of unbranched alkanes of at least 4 members (excludes halogenated alkanes) is 1. The molecule has 0 aliphatic heterocycles. The van der Waals surface area contributed by atoms with Gasteiger partial charge in [0.2, 0.25) is 0 Å². The number of aliphatic carboxylic acids is 1. The maximum absolute atomic E-state index is 11.9. The van der Waals surface area contributed by atoms with Gasteiger partial charge in [-0.25, -0.2) is 0 Å². The highest BCUT2D eigenvalue weighted by molar-refractivity contribution is 5.70. The predicted molar refractivity (Wildman–Crippen MR) is 91.8 cm³/mol. The van der Waals surface area contributed by atoms with Crippen LogP contribution in [0.4, 0.5) is 0 Å². The molecular formula is C20H22O4. The molecule has 0 unspecified atom stereocenters. The molecule has 0 spiro atoms. The van der Waals surface area contributed by atoms with Crippen molar-refractivity contribution in [3.05, 3.63) is 71.8 Å². The molecule has 24 heavy (non-hydrogen) atoms. The molecule has 0 aliphatic carbocycles. The molecule has 0 saturated carbocycles. The first kappa shape index (κ1) is 17.7. The number of carboxylic acid groups (broad SMARTS) is 1. The topological polar surface area (TPSA) is 63.6 Å². The lowest BCUT2D eigenvalue weighted by molar-refractivity contribution is -0.144. The number of carboxylic acids is 1. The first-order valence-electron chi connectivity index (χ1n) is 8.14. The van der Waals surface area contributed by atoms with Crippen molar-refractivity contribution in [2.45, 2.75) is 31.6 Å². The second kappa shape index (κ2) is 9.50. The van der Waals surface area contributed by atoms with Crippen LogP contribution in [0.15, 0.2) is 60.7 Å². The minimum absolute atomic E-state index is 0.00429. The molecule has 0 heterocycles. The zero-order chi connectivity index (χ0) is 17.2. The van der Waals surface area contributed by atoms with Crippen LogP contribution >= 0.6 is 0 Å². The van der Waals surface area contributed by atoms with Crippen molar-refractivity contribution in [3.8, 4) is 0 Å². The van der Waals surface area contributed by atoms with Crippen molar-refractivity contribution in [1.29, 1.82) is 0 Å². The molecule has 126 valence electrons. The molecule has 0 saturated heterocycles. The van der Waals surface area contributed by atoms with E-state index in [4.69, 9.17) is 9.84 Å². The second-order valence-corrected chi connectivity index (χ2v) is 5.66. The molecule has 0 radical (unpaired) electrons. The van der Waals surface area contributed by atoms with Crippen LogP contribution < -0.4 is 0 Å². The summed E-state index contributed by atoms with van der Waals surface area (Å²) in [5.74, 6) is -1.12. The third-order valence-electron chi connectivity index (χ3n) is 3.84. The predicted octanol–water partition coefficient (Wildman–Crippen LogP) is 4.01. The van der Waals surface area contributed by atoms with Crippen molar-refractivity contribution in [3.63, 3.8) is 0 Å². The van der Waals surface area contributed by atoms with Crippen LogP contribution in [-0.4, -0.2) is 23.7 Å². The number of hydrogen-bond donors (Lipinski definition) is 1. The first-order valence-corrected chi connectivity index (χ1v) is 8.14. The molecular weight excluding hydrogens is 304 g/mol. The van der Waals surface area contributed by atoms with Gasteiger partial charge < -0.3 is 9.84 Å². The third-order valence-corrected chi connectivity index (χ3v) is 3.84. The molecule has 0 bridgehead atoms. The Morgan fingerprint density at radius 3 is 1.83 bits per heavy atom. The summed E-state index contributed by atoms with van der Waals surface area (Å²) in [6, 6.07) is 19.9. The van der Waals surface area contributed by atoms with Crippen LogP contribution in [0.1, 0.15) is 42.7 Å². The van der Waals surface area contributed by atoms with Crippen LogP contribution in [-0.2, 0) is 14.3 Å². The zero-order valence-corrected chi connectivity index (χ0v) is 13.6. The lowest BCUT2D eigenvalue weighted by Crippen LogP contribution is -2.14. The highest BCUT2D eigenvalue weighted by Gasteiger charge is 2.16. The van der Waals surface area contributed by atoms with E-state index in [1.165, 1.54) is 0 Å². The third kappa shape index (κ3) is 5.88. The first-order chi connectivity index (χ1) is 11.7. The lowest BCUT2D eigenvalue weighted by Gasteiger charge is -2.18. The summed E-state index contributed by atoms with van der Waals surface area (Å²) >= 11 is 0. The van der Waals surface area contributed by atoms with Gasteiger partial charge in [0.25, 0.3) is 0 Å². The van der Waals surface area contributed by atoms with Gasteiger partial charge in [-0.15, -0.1) is 0 Å². The number of carbonyl (C=O) groups excluding carboxylic acids is 1. The average molecular weight is 326 g/mol. The van der Waals surface area contributed by atoms with E-state index in [0.29, 0.717) is 12.8 Å². The van der Waals surface area contributed by atoms with E-state index in [1.807, 2.05) is 60.7 Å². The molecule has 4 heteroatoms. The van der Waals surface area contributed by atoms with Gasteiger partial charge in [0.15, 0.2) is 0 Å². The average Bonchev–Trinajstić information content (AvgIpc) is 2.61. The smallest absolute Gasteiger partial charge is 0.305 e. The Morgan fingerprint density at radius 1 is 0.833 bits per heavy atom. The zero-order valence-electron chi connectivity index (χ0n) is 13.6. The van der Waals surface area contributed by atoms with E-state index in [-0.39, 0.29) is 31.3 Å². The summed E-state index contributed by atoms with van der Waals surface area (Å²) in [7, 11) is 0. The van der Waals surface area contributed by atoms with E-state index < -0.39 is 5.97 Å². The molecule has 4 nitrogen and oxygen atoms in total. The molecule has 2 rings (SSSR count). The molecule has 0 atom stereocenters. The number of ether oxygens (including phenoxy) is 1. The van der Waals surface area contributed by atoms with Gasteiger partial charge in [-0.05, 0) is 24.0 Å². The number of benzene rings is 2. The van der Waals surface area contributed by atoms with Gasteiger partial charge >= 0.3 is 11.9 Å². The number of hydrogen-bond acceptors (Lipinski definition) is 3. The molecule has 0 aromatic heterocycles. The highest BCUT2D eigenvalue weighted by Crippen LogP contribution is 2.25. The Morgan fingerprint density at radius 2 is 1.33 bits per heavy atom. The van der Waals surface area contributed by atoms with Crippen LogP contribution in [0, 0.1) is 0 Å². The van der Waals surface area contributed by atoms with Crippen molar-refractivity contribution < 1.29 is 19.4 Å². The Hall–Kier alpha value is -2.62.